The van der Waals surface area contributed by atoms with Gasteiger partial charge in [0, 0.05) is 23.7 Å². The van der Waals surface area contributed by atoms with Crippen LogP contribution in [0.3, 0.4) is 0 Å². The Bertz CT molecular complexity index is 322. The summed E-state index contributed by atoms with van der Waals surface area (Å²) in [4.78, 5) is 11.2. The normalized spacial score (nSPS) is 10.5. The van der Waals surface area contributed by atoms with E-state index in [-0.39, 0.29) is 0 Å². The SMILES string of the molecule is O=C(O)/C=C/NCc1ccc(Br)s1. The minimum absolute atomic E-state index is 0.653. The first-order chi connectivity index (χ1) is 6.18. The summed E-state index contributed by atoms with van der Waals surface area (Å²) in [5.74, 6) is -0.945. The number of hydrogen-bond acceptors (Lipinski definition) is 3. The van der Waals surface area contributed by atoms with Crippen LogP contribution in [0.2, 0.25) is 0 Å². The maximum absolute atomic E-state index is 10.1. The summed E-state index contributed by atoms with van der Waals surface area (Å²) in [6, 6.07) is 3.94. The van der Waals surface area contributed by atoms with E-state index in [9.17, 15) is 4.79 Å². The third-order valence-electron chi connectivity index (χ3n) is 1.25. The largest absolute Gasteiger partial charge is 0.478 e. The zero-order valence-electron chi connectivity index (χ0n) is 6.66. The molecule has 1 heterocycles. The summed E-state index contributed by atoms with van der Waals surface area (Å²) in [5, 5.41) is 11.2. The summed E-state index contributed by atoms with van der Waals surface area (Å²) in [6.45, 7) is 0.653. The lowest BCUT2D eigenvalue weighted by Gasteiger charge is -1.94. The lowest BCUT2D eigenvalue weighted by atomic mass is 10.4. The van der Waals surface area contributed by atoms with E-state index >= 15 is 0 Å². The maximum Gasteiger partial charge on any atom is 0.329 e. The molecule has 1 rings (SSSR count). The lowest BCUT2D eigenvalue weighted by Crippen LogP contribution is -2.03. The highest BCUT2D eigenvalue weighted by molar-refractivity contribution is 9.11. The van der Waals surface area contributed by atoms with Crippen molar-refractivity contribution in [1.29, 1.82) is 0 Å². The second kappa shape index (κ2) is 5.04. The molecule has 2 N–H and O–H groups in total. The van der Waals surface area contributed by atoms with Gasteiger partial charge in [-0.2, -0.15) is 0 Å². The van der Waals surface area contributed by atoms with E-state index in [1.54, 1.807) is 11.3 Å². The lowest BCUT2D eigenvalue weighted by molar-refractivity contribution is -0.131. The van der Waals surface area contributed by atoms with Crippen LogP contribution in [-0.4, -0.2) is 11.1 Å². The Morgan fingerprint density at radius 2 is 2.46 bits per heavy atom. The zero-order chi connectivity index (χ0) is 9.68. The van der Waals surface area contributed by atoms with Gasteiger partial charge in [0.25, 0.3) is 0 Å². The number of carbonyl (C=O) groups is 1. The van der Waals surface area contributed by atoms with Crippen LogP contribution < -0.4 is 5.32 Å². The van der Waals surface area contributed by atoms with Crippen LogP contribution in [0.1, 0.15) is 4.88 Å². The first kappa shape index (κ1) is 10.3. The fourth-order valence-corrected chi connectivity index (χ4v) is 2.17. The van der Waals surface area contributed by atoms with E-state index in [0.29, 0.717) is 6.54 Å². The molecule has 1 aromatic rings. The van der Waals surface area contributed by atoms with Gasteiger partial charge in [0.05, 0.1) is 3.79 Å². The number of nitrogens with one attached hydrogen (secondary N) is 1. The standard InChI is InChI=1S/C8H8BrNO2S/c9-7-2-1-6(13-7)5-10-4-3-8(11)12/h1-4,10H,5H2,(H,11,12)/b4-3+. The van der Waals surface area contributed by atoms with E-state index in [4.69, 9.17) is 5.11 Å². The molecule has 70 valence electrons. The average molecular weight is 262 g/mol. The summed E-state index contributed by atoms with van der Waals surface area (Å²) in [6.07, 6.45) is 2.50. The van der Waals surface area contributed by atoms with Crippen LogP contribution >= 0.6 is 27.3 Å². The summed E-state index contributed by atoms with van der Waals surface area (Å²) in [5.41, 5.74) is 0. The molecule has 0 aliphatic carbocycles. The van der Waals surface area contributed by atoms with Gasteiger partial charge in [-0.05, 0) is 28.1 Å². The Labute approximate surface area is 88.2 Å². The van der Waals surface area contributed by atoms with Gasteiger partial charge in [0.15, 0.2) is 0 Å². The molecule has 0 aliphatic rings. The molecular weight excluding hydrogens is 254 g/mol. The van der Waals surface area contributed by atoms with Crippen molar-refractivity contribution < 1.29 is 9.90 Å². The molecule has 0 saturated carbocycles. The van der Waals surface area contributed by atoms with E-state index in [0.717, 1.165) is 14.7 Å². The predicted molar refractivity (Wildman–Crippen MR) is 55.6 cm³/mol. The van der Waals surface area contributed by atoms with Crippen LogP contribution in [0.4, 0.5) is 0 Å². The highest BCUT2D eigenvalue weighted by Gasteiger charge is 1.94. The number of carboxylic acid groups (broad SMARTS) is 1. The molecule has 0 fully saturated rings. The van der Waals surface area contributed by atoms with Gasteiger partial charge in [0.1, 0.15) is 0 Å². The first-order valence-corrected chi connectivity index (χ1v) is 5.16. The van der Waals surface area contributed by atoms with Crippen LogP contribution in [0.15, 0.2) is 28.2 Å². The number of aliphatic carboxylic acids is 1. The molecule has 0 saturated heterocycles. The molecule has 1 aromatic heterocycles. The van der Waals surface area contributed by atoms with Gasteiger partial charge >= 0.3 is 5.97 Å². The molecule has 5 heteroatoms. The molecule has 0 aliphatic heterocycles. The molecule has 0 bridgehead atoms. The van der Waals surface area contributed by atoms with Crippen molar-refractivity contribution in [3.63, 3.8) is 0 Å². The number of thiophene rings is 1. The van der Waals surface area contributed by atoms with E-state index < -0.39 is 5.97 Å². The average Bonchev–Trinajstić information content (AvgIpc) is 2.45. The van der Waals surface area contributed by atoms with Crippen molar-refractivity contribution >= 4 is 33.2 Å². The number of carboxylic acids is 1. The Kier molecular flexibility index (Phi) is 3.98. The fourth-order valence-electron chi connectivity index (χ4n) is 0.736. The number of halogens is 1. The first-order valence-electron chi connectivity index (χ1n) is 3.55. The third kappa shape index (κ3) is 4.10. The minimum atomic E-state index is -0.945. The van der Waals surface area contributed by atoms with Gasteiger partial charge in [-0.25, -0.2) is 4.79 Å². The Morgan fingerprint density at radius 1 is 1.69 bits per heavy atom. The van der Waals surface area contributed by atoms with Crippen molar-refractivity contribution in [2.45, 2.75) is 6.54 Å². The van der Waals surface area contributed by atoms with Crippen LogP contribution in [-0.2, 0) is 11.3 Å². The third-order valence-corrected chi connectivity index (χ3v) is 2.87. The van der Waals surface area contributed by atoms with Gasteiger partial charge in [-0.15, -0.1) is 11.3 Å². The van der Waals surface area contributed by atoms with E-state index in [1.165, 1.54) is 6.20 Å². The molecule has 13 heavy (non-hydrogen) atoms. The molecule has 0 spiro atoms. The van der Waals surface area contributed by atoms with Gasteiger partial charge in [-0.3, -0.25) is 0 Å². The molecule has 0 radical (unpaired) electrons. The molecule has 0 atom stereocenters. The zero-order valence-corrected chi connectivity index (χ0v) is 9.06. The highest BCUT2D eigenvalue weighted by atomic mass is 79.9. The summed E-state index contributed by atoms with van der Waals surface area (Å²) in [7, 11) is 0. The van der Waals surface area contributed by atoms with Crippen LogP contribution in [0, 0.1) is 0 Å². The Balaban J connectivity index is 2.31. The Hall–Kier alpha value is -0.810. The predicted octanol–water partition coefficient (Wildman–Crippen LogP) is 2.20. The molecular formula is C8H8BrNO2S. The van der Waals surface area contributed by atoms with Gasteiger partial charge in [0.2, 0.25) is 0 Å². The fraction of sp³-hybridized carbons (Fsp3) is 0.125. The summed E-state index contributed by atoms with van der Waals surface area (Å²) < 4.78 is 1.08. The van der Waals surface area contributed by atoms with Gasteiger partial charge < -0.3 is 10.4 Å². The quantitative estimate of drug-likeness (QED) is 0.818. The second-order valence-corrected chi connectivity index (χ2v) is 4.81. The van der Waals surface area contributed by atoms with Crippen molar-refractivity contribution in [3.8, 4) is 0 Å². The minimum Gasteiger partial charge on any atom is -0.478 e. The van der Waals surface area contributed by atoms with E-state index in [2.05, 4.69) is 21.2 Å². The van der Waals surface area contributed by atoms with Crippen molar-refractivity contribution in [1.82, 2.24) is 5.32 Å². The topological polar surface area (TPSA) is 49.3 Å². The number of rotatable bonds is 4. The van der Waals surface area contributed by atoms with Crippen molar-refractivity contribution in [2.75, 3.05) is 0 Å². The molecule has 0 aromatic carbocycles. The van der Waals surface area contributed by atoms with Crippen LogP contribution in [0.25, 0.3) is 0 Å². The van der Waals surface area contributed by atoms with Crippen molar-refractivity contribution in [3.05, 3.63) is 33.1 Å². The molecule has 3 nitrogen and oxygen atoms in total. The second-order valence-electron chi connectivity index (χ2n) is 2.26. The number of hydrogen-bond donors (Lipinski definition) is 2. The van der Waals surface area contributed by atoms with Crippen molar-refractivity contribution in [2.24, 2.45) is 0 Å². The monoisotopic (exact) mass is 261 g/mol. The maximum atomic E-state index is 10.1. The summed E-state index contributed by atoms with van der Waals surface area (Å²) >= 11 is 4.96. The molecule has 0 unspecified atom stereocenters. The van der Waals surface area contributed by atoms with E-state index in [1.807, 2.05) is 12.1 Å². The Morgan fingerprint density at radius 3 is 3.00 bits per heavy atom. The smallest absolute Gasteiger partial charge is 0.329 e. The van der Waals surface area contributed by atoms with Gasteiger partial charge in [-0.1, -0.05) is 0 Å². The molecule has 0 amide bonds. The van der Waals surface area contributed by atoms with Crippen LogP contribution in [0.5, 0.6) is 0 Å². The highest BCUT2D eigenvalue weighted by Crippen LogP contribution is 2.21.